The number of hydroxylamine groups is 2. The van der Waals surface area contributed by atoms with Gasteiger partial charge in [0.25, 0.3) is 5.91 Å². The fourth-order valence-electron chi connectivity index (χ4n) is 3.84. The van der Waals surface area contributed by atoms with E-state index < -0.39 is 29.8 Å². The summed E-state index contributed by atoms with van der Waals surface area (Å²) in [5, 5.41) is 2.15. The largest absolute Gasteiger partial charge is 0.339 e. The van der Waals surface area contributed by atoms with Crippen LogP contribution in [-0.4, -0.2) is 63.3 Å². The Morgan fingerprint density at radius 3 is 2.81 bits per heavy atom. The first-order valence-corrected chi connectivity index (χ1v) is 8.88. The van der Waals surface area contributed by atoms with Crippen molar-refractivity contribution in [3.63, 3.8) is 0 Å². The number of carbonyl (C=O) groups is 1. The third-order valence-corrected chi connectivity index (χ3v) is 5.34. The van der Waals surface area contributed by atoms with E-state index in [0.29, 0.717) is 16.2 Å². The van der Waals surface area contributed by atoms with Crippen molar-refractivity contribution in [1.82, 2.24) is 19.6 Å². The molecule has 0 N–H and O–H groups in total. The number of aromatic nitrogens is 3. The number of carbonyl (C=O) groups excluding carboxylic acids is 1. The maximum atomic E-state index is 12.9. The zero-order chi connectivity index (χ0) is 19.6. The summed E-state index contributed by atoms with van der Waals surface area (Å²) >= 11 is 6.16. The van der Waals surface area contributed by atoms with Gasteiger partial charge in [0.1, 0.15) is 28.8 Å². The van der Waals surface area contributed by atoms with E-state index in [-0.39, 0.29) is 5.91 Å². The standard InChI is InChI=1S/C17H21ClN4O5/c1-16(2)26-11-15(22-7-6-9-12(18)19-8-20-13(9)22)25-10(17(11,3)27-16)14(23)21(4)24-5/h6-8,10-11,15H,1-5H3. The number of amides is 1. The van der Waals surface area contributed by atoms with Crippen molar-refractivity contribution < 1.29 is 23.8 Å². The number of fused-ring (bicyclic) bond motifs is 2. The Morgan fingerprint density at radius 2 is 2.11 bits per heavy atom. The molecule has 4 atom stereocenters. The highest BCUT2D eigenvalue weighted by Gasteiger charge is 2.66. The molecule has 4 rings (SSSR count). The Morgan fingerprint density at radius 1 is 1.37 bits per heavy atom. The quantitative estimate of drug-likeness (QED) is 0.578. The second kappa shape index (κ2) is 6.11. The van der Waals surface area contributed by atoms with Crippen molar-refractivity contribution in [1.29, 1.82) is 0 Å². The third-order valence-electron chi connectivity index (χ3n) is 5.04. The van der Waals surface area contributed by atoms with Crippen molar-refractivity contribution in [2.45, 2.75) is 50.6 Å². The van der Waals surface area contributed by atoms with Crippen LogP contribution in [0, 0.1) is 0 Å². The number of ether oxygens (including phenoxy) is 3. The van der Waals surface area contributed by atoms with E-state index >= 15 is 0 Å². The average Bonchev–Trinajstić information content (AvgIpc) is 3.21. The minimum absolute atomic E-state index is 0.343. The molecule has 2 aliphatic heterocycles. The minimum Gasteiger partial charge on any atom is -0.339 e. The SMILES string of the molecule is CON(C)C(=O)C1OC(n2ccc3c(Cl)ncnc32)C2OC(C)(C)OC12C. The molecule has 2 aromatic heterocycles. The Bertz CT molecular complexity index is 903. The molecule has 10 heteroatoms. The molecule has 2 aromatic rings. The summed E-state index contributed by atoms with van der Waals surface area (Å²) in [5.41, 5.74) is -0.422. The van der Waals surface area contributed by atoms with Crippen LogP contribution >= 0.6 is 11.6 Å². The lowest BCUT2D eigenvalue weighted by Gasteiger charge is -2.30. The molecule has 4 unspecified atom stereocenters. The lowest BCUT2D eigenvalue weighted by molar-refractivity contribution is -0.222. The average molecular weight is 397 g/mol. The third kappa shape index (κ3) is 2.73. The minimum atomic E-state index is -1.01. The van der Waals surface area contributed by atoms with Crippen LogP contribution in [0.3, 0.4) is 0 Å². The van der Waals surface area contributed by atoms with E-state index in [9.17, 15) is 4.79 Å². The van der Waals surface area contributed by atoms with Crippen molar-refractivity contribution in [3.05, 3.63) is 23.7 Å². The first kappa shape index (κ1) is 18.6. The topological polar surface area (TPSA) is 87.9 Å². The van der Waals surface area contributed by atoms with Gasteiger partial charge < -0.3 is 18.8 Å². The van der Waals surface area contributed by atoms with E-state index in [2.05, 4.69) is 9.97 Å². The molecule has 9 nitrogen and oxygen atoms in total. The first-order chi connectivity index (χ1) is 12.7. The molecule has 0 radical (unpaired) electrons. The first-order valence-electron chi connectivity index (χ1n) is 8.50. The fourth-order valence-corrected chi connectivity index (χ4v) is 4.03. The lowest BCUT2D eigenvalue weighted by atomic mass is 9.94. The molecule has 0 aliphatic carbocycles. The number of rotatable bonds is 3. The Kier molecular flexibility index (Phi) is 4.21. The summed E-state index contributed by atoms with van der Waals surface area (Å²) < 4.78 is 20.2. The molecule has 2 fully saturated rings. The van der Waals surface area contributed by atoms with Crippen molar-refractivity contribution in [2.24, 2.45) is 0 Å². The van der Waals surface area contributed by atoms with Gasteiger partial charge in [-0.3, -0.25) is 9.63 Å². The van der Waals surface area contributed by atoms with Crippen molar-refractivity contribution >= 4 is 28.5 Å². The van der Waals surface area contributed by atoms with Gasteiger partial charge in [-0.25, -0.2) is 15.0 Å². The van der Waals surface area contributed by atoms with Crippen LogP contribution in [0.2, 0.25) is 5.15 Å². The van der Waals surface area contributed by atoms with Gasteiger partial charge >= 0.3 is 0 Å². The van der Waals surface area contributed by atoms with E-state index in [1.807, 2.05) is 20.8 Å². The molecule has 0 saturated carbocycles. The van der Waals surface area contributed by atoms with Gasteiger partial charge in [0.15, 0.2) is 18.1 Å². The van der Waals surface area contributed by atoms with Crippen LogP contribution < -0.4 is 0 Å². The highest BCUT2D eigenvalue weighted by Crippen LogP contribution is 2.51. The summed E-state index contributed by atoms with van der Waals surface area (Å²) in [6.07, 6.45) is 1.06. The Hall–Kier alpha value is -1.78. The van der Waals surface area contributed by atoms with Gasteiger partial charge in [0.2, 0.25) is 0 Å². The molecule has 0 bridgehead atoms. The molecule has 0 aromatic carbocycles. The number of hydrogen-bond acceptors (Lipinski definition) is 7. The normalized spacial score (nSPS) is 32.0. The highest BCUT2D eigenvalue weighted by molar-refractivity contribution is 6.33. The van der Waals surface area contributed by atoms with Gasteiger partial charge in [0.05, 0.1) is 12.5 Å². The molecule has 1 amide bonds. The summed E-state index contributed by atoms with van der Waals surface area (Å²) in [6, 6.07) is 1.80. The maximum Gasteiger partial charge on any atom is 0.278 e. The van der Waals surface area contributed by atoms with Crippen molar-refractivity contribution in [2.75, 3.05) is 14.2 Å². The molecule has 2 aliphatic rings. The summed E-state index contributed by atoms with van der Waals surface area (Å²) in [6.45, 7) is 5.43. The molecular weight excluding hydrogens is 376 g/mol. The number of hydrogen-bond donors (Lipinski definition) is 0. The molecule has 2 saturated heterocycles. The maximum absolute atomic E-state index is 12.9. The second-order valence-corrected chi connectivity index (χ2v) is 7.63. The zero-order valence-corrected chi connectivity index (χ0v) is 16.4. The van der Waals surface area contributed by atoms with Crippen LogP contribution in [0.15, 0.2) is 18.6 Å². The molecular formula is C17H21ClN4O5. The van der Waals surface area contributed by atoms with Crippen LogP contribution in [0.1, 0.15) is 27.0 Å². The lowest BCUT2D eigenvalue weighted by Crippen LogP contribution is -2.51. The highest BCUT2D eigenvalue weighted by atomic mass is 35.5. The van der Waals surface area contributed by atoms with E-state index in [4.69, 9.17) is 30.6 Å². The summed E-state index contributed by atoms with van der Waals surface area (Å²) in [5.74, 6) is -1.24. The molecule has 27 heavy (non-hydrogen) atoms. The molecule has 4 heterocycles. The Balaban J connectivity index is 1.80. The van der Waals surface area contributed by atoms with Gasteiger partial charge in [0, 0.05) is 13.2 Å². The predicted octanol–water partition coefficient (Wildman–Crippen LogP) is 1.91. The van der Waals surface area contributed by atoms with Gasteiger partial charge in [-0.05, 0) is 26.8 Å². The number of likely N-dealkylation sites (N-methyl/N-ethyl adjacent to an activating group) is 1. The van der Waals surface area contributed by atoms with Crippen molar-refractivity contribution in [3.8, 4) is 0 Å². The monoisotopic (exact) mass is 396 g/mol. The summed E-state index contributed by atoms with van der Waals surface area (Å²) in [4.78, 5) is 26.2. The Labute approximate surface area is 161 Å². The smallest absolute Gasteiger partial charge is 0.278 e. The second-order valence-electron chi connectivity index (χ2n) is 7.27. The molecule has 0 spiro atoms. The zero-order valence-electron chi connectivity index (χ0n) is 15.7. The predicted molar refractivity (Wildman–Crippen MR) is 94.7 cm³/mol. The van der Waals surface area contributed by atoms with Gasteiger partial charge in [-0.15, -0.1) is 0 Å². The fraction of sp³-hybridized carbons (Fsp3) is 0.588. The van der Waals surface area contributed by atoms with Crippen LogP contribution in [0.25, 0.3) is 11.0 Å². The molecule has 146 valence electrons. The summed E-state index contributed by atoms with van der Waals surface area (Å²) in [7, 11) is 2.94. The van der Waals surface area contributed by atoms with Crippen LogP contribution in [-0.2, 0) is 23.8 Å². The van der Waals surface area contributed by atoms with Crippen LogP contribution in [0.4, 0.5) is 0 Å². The number of nitrogens with zero attached hydrogens (tertiary/aromatic N) is 4. The van der Waals surface area contributed by atoms with E-state index in [0.717, 1.165) is 5.06 Å². The van der Waals surface area contributed by atoms with E-state index in [1.165, 1.54) is 20.5 Å². The van der Waals surface area contributed by atoms with E-state index in [1.54, 1.807) is 16.8 Å². The van der Waals surface area contributed by atoms with Gasteiger partial charge in [-0.2, -0.15) is 0 Å². The van der Waals surface area contributed by atoms with Gasteiger partial charge in [-0.1, -0.05) is 11.6 Å². The van der Waals surface area contributed by atoms with Crippen LogP contribution in [0.5, 0.6) is 0 Å². The number of halogens is 1.